The second-order valence-corrected chi connectivity index (χ2v) is 9.52. The Morgan fingerprint density at radius 1 is 1.23 bits per heavy atom. The normalized spacial score (nSPS) is 24.2. The van der Waals surface area contributed by atoms with Crippen LogP contribution in [0, 0.1) is 5.41 Å². The van der Waals surface area contributed by atoms with Gasteiger partial charge < -0.3 is 20.9 Å². The Hall–Kier alpha value is -3.20. The van der Waals surface area contributed by atoms with Crippen LogP contribution in [0.4, 0.5) is 23.1 Å². The van der Waals surface area contributed by atoms with E-state index < -0.39 is 5.41 Å². The van der Waals surface area contributed by atoms with Gasteiger partial charge in [0.2, 0.25) is 11.9 Å². The highest BCUT2D eigenvalue weighted by atomic mass is 16.2. The summed E-state index contributed by atoms with van der Waals surface area (Å²) in [5.41, 5.74) is 3.26. The van der Waals surface area contributed by atoms with Gasteiger partial charge in [-0.3, -0.25) is 4.79 Å². The maximum atomic E-state index is 12.2. The summed E-state index contributed by atoms with van der Waals surface area (Å²) in [6, 6.07) is 5.88. The number of fused-ring (bicyclic) bond motifs is 2. The maximum Gasteiger partial charge on any atom is 0.247 e. The van der Waals surface area contributed by atoms with Crippen molar-refractivity contribution in [3.05, 3.63) is 36.2 Å². The van der Waals surface area contributed by atoms with E-state index in [0.717, 1.165) is 54.6 Å². The molecule has 160 valence electrons. The van der Waals surface area contributed by atoms with E-state index in [9.17, 15) is 4.79 Å². The highest BCUT2D eigenvalue weighted by Crippen LogP contribution is 2.40. The Bertz CT molecular complexity index is 1190. The number of hydrogen-bond donors (Lipinski definition) is 3. The molecule has 1 aromatic carbocycles. The third kappa shape index (κ3) is 2.87. The van der Waals surface area contributed by atoms with E-state index in [4.69, 9.17) is 4.98 Å². The molecule has 2 aromatic heterocycles. The third-order valence-corrected chi connectivity index (χ3v) is 7.07. The summed E-state index contributed by atoms with van der Waals surface area (Å²) in [6.07, 6.45) is 6.01. The number of aromatic nitrogens is 4. The van der Waals surface area contributed by atoms with E-state index in [2.05, 4.69) is 30.9 Å². The first-order valence-corrected chi connectivity index (χ1v) is 10.8. The van der Waals surface area contributed by atoms with Crippen molar-refractivity contribution in [1.82, 2.24) is 24.9 Å². The molecular weight excluding hydrogens is 392 g/mol. The van der Waals surface area contributed by atoms with Gasteiger partial charge in [0.25, 0.3) is 0 Å². The zero-order chi connectivity index (χ0) is 21.2. The summed E-state index contributed by atoms with van der Waals surface area (Å²) in [6.45, 7) is 8.04. The van der Waals surface area contributed by atoms with Gasteiger partial charge in [0.15, 0.2) is 11.5 Å². The number of amides is 1. The van der Waals surface area contributed by atoms with Crippen LogP contribution in [0.2, 0.25) is 0 Å². The van der Waals surface area contributed by atoms with Gasteiger partial charge in [-0.05, 0) is 50.9 Å². The van der Waals surface area contributed by atoms with Gasteiger partial charge in [-0.15, -0.1) is 5.10 Å². The zero-order valence-electron chi connectivity index (χ0n) is 17.8. The predicted octanol–water partition coefficient (Wildman–Crippen LogP) is 2.29. The van der Waals surface area contributed by atoms with Crippen molar-refractivity contribution >= 4 is 34.7 Å². The first-order chi connectivity index (χ1) is 14.9. The highest BCUT2D eigenvalue weighted by molar-refractivity contribution is 6.06. The number of rotatable bonds is 3. The minimum absolute atomic E-state index is 0.0158. The fourth-order valence-corrected chi connectivity index (χ4v) is 5.14. The molecular formula is C22H26N8O. The first-order valence-electron chi connectivity index (χ1n) is 10.8. The lowest BCUT2D eigenvalue weighted by Crippen LogP contribution is -2.29. The molecule has 31 heavy (non-hydrogen) atoms. The lowest BCUT2D eigenvalue weighted by molar-refractivity contribution is -0.119. The third-order valence-electron chi connectivity index (χ3n) is 7.07. The maximum absolute atomic E-state index is 12.2. The largest absolute Gasteiger partial charge is 0.353 e. The summed E-state index contributed by atoms with van der Waals surface area (Å²) in [4.78, 5) is 23.9. The number of hydrogen-bond acceptors (Lipinski definition) is 7. The van der Waals surface area contributed by atoms with Crippen molar-refractivity contribution in [2.45, 2.75) is 32.1 Å². The van der Waals surface area contributed by atoms with Crippen LogP contribution in [-0.4, -0.2) is 51.7 Å². The molecule has 6 rings (SSSR count). The Morgan fingerprint density at radius 3 is 2.97 bits per heavy atom. The van der Waals surface area contributed by atoms with Gasteiger partial charge in [0.05, 0.1) is 5.41 Å². The second-order valence-electron chi connectivity index (χ2n) is 9.52. The minimum atomic E-state index is -0.516. The molecule has 0 aliphatic carbocycles. The first kappa shape index (κ1) is 18.6. The average Bonchev–Trinajstić information content (AvgIpc) is 3.51. The molecule has 3 aliphatic rings. The van der Waals surface area contributed by atoms with E-state index >= 15 is 0 Å². The second kappa shape index (κ2) is 6.40. The topological polar surface area (TPSA) is 99.5 Å². The molecule has 1 atom stereocenters. The summed E-state index contributed by atoms with van der Waals surface area (Å²) >= 11 is 0. The molecule has 9 heteroatoms. The summed E-state index contributed by atoms with van der Waals surface area (Å²) in [7, 11) is 0. The van der Waals surface area contributed by atoms with E-state index in [1.54, 1.807) is 10.7 Å². The number of anilines is 4. The zero-order valence-corrected chi connectivity index (χ0v) is 17.8. The number of nitrogens with zero attached hydrogens (tertiary/aromatic N) is 5. The van der Waals surface area contributed by atoms with Gasteiger partial charge in [-0.2, -0.15) is 4.98 Å². The van der Waals surface area contributed by atoms with Crippen LogP contribution in [0.1, 0.15) is 32.3 Å². The minimum Gasteiger partial charge on any atom is -0.353 e. The fourth-order valence-electron chi connectivity index (χ4n) is 5.14. The van der Waals surface area contributed by atoms with Crippen LogP contribution in [0.5, 0.6) is 0 Å². The van der Waals surface area contributed by atoms with Crippen LogP contribution in [0.25, 0.3) is 5.65 Å². The molecule has 0 saturated carbocycles. The number of benzene rings is 1. The van der Waals surface area contributed by atoms with Crippen molar-refractivity contribution in [1.29, 1.82) is 0 Å². The lowest BCUT2D eigenvalue weighted by atomic mass is 9.86. The Morgan fingerprint density at radius 2 is 2.13 bits per heavy atom. The van der Waals surface area contributed by atoms with Crippen LogP contribution in [0.15, 0.2) is 30.6 Å². The molecule has 0 bridgehead atoms. The Kier molecular flexibility index (Phi) is 3.83. The predicted molar refractivity (Wildman–Crippen MR) is 119 cm³/mol. The molecule has 1 amide bonds. The average molecular weight is 419 g/mol. The Labute approximate surface area is 180 Å². The summed E-state index contributed by atoms with van der Waals surface area (Å²) < 4.78 is 1.78. The fraction of sp³-hybridized carbons (Fsp3) is 0.455. The van der Waals surface area contributed by atoms with Crippen molar-refractivity contribution in [3.63, 3.8) is 0 Å². The standard InChI is InChI=1S/C22H26N8O/c1-21(2)15-4-3-14(11-16(15)26-19(21)31)25-20-27-18-17(24-8-10-30(18)28-20)29-9-6-22(13-29)5-7-23-12-22/h3-4,8,10-11,23H,5-7,9,12-13H2,1-2H3,(H,25,28)(H,26,31). The van der Waals surface area contributed by atoms with Crippen LogP contribution in [-0.2, 0) is 10.2 Å². The SMILES string of the molecule is CC1(C)C(=O)Nc2cc(Nc3nc4c(N5CCC6(CCNC6)C5)nccn4n3)ccc21. The quantitative estimate of drug-likeness (QED) is 0.600. The van der Waals surface area contributed by atoms with Gasteiger partial charge in [0, 0.05) is 48.8 Å². The molecule has 2 fully saturated rings. The molecule has 1 spiro atoms. The van der Waals surface area contributed by atoms with E-state index in [0.29, 0.717) is 11.4 Å². The van der Waals surface area contributed by atoms with Crippen molar-refractivity contribution in [2.24, 2.45) is 5.41 Å². The smallest absolute Gasteiger partial charge is 0.247 e. The summed E-state index contributed by atoms with van der Waals surface area (Å²) in [5, 5.41) is 14.3. The van der Waals surface area contributed by atoms with Crippen molar-refractivity contribution in [3.8, 4) is 0 Å². The molecule has 9 nitrogen and oxygen atoms in total. The Balaban J connectivity index is 1.28. The van der Waals surface area contributed by atoms with Crippen molar-refractivity contribution < 1.29 is 4.79 Å². The molecule has 3 N–H and O–H groups in total. The molecule has 3 aromatic rings. The number of carbonyl (C=O) groups excluding carboxylic acids is 1. The van der Waals surface area contributed by atoms with E-state index in [1.807, 2.05) is 38.2 Å². The van der Waals surface area contributed by atoms with Gasteiger partial charge in [-0.25, -0.2) is 9.50 Å². The molecule has 1 unspecified atom stereocenters. The molecule has 3 aliphatic heterocycles. The van der Waals surface area contributed by atoms with Crippen molar-refractivity contribution in [2.75, 3.05) is 41.7 Å². The van der Waals surface area contributed by atoms with Gasteiger partial charge >= 0.3 is 0 Å². The van der Waals surface area contributed by atoms with Crippen LogP contribution < -0.4 is 20.9 Å². The van der Waals surface area contributed by atoms with Crippen LogP contribution >= 0.6 is 0 Å². The van der Waals surface area contributed by atoms with E-state index in [-0.39, 0.29) is 5.91 Å². The van der Waals surface area contributed by atoms with Gasteiger partial charge in [-0.1, -0.05) is 6.07 Å². The molecule has 5 heterocycles. The molecule has 0 radical (unpaired) electrons. The lowest BCUT2D eigenvalue weighted by Gasteiger charge is -2.23. The molecule has 2 saturated heterocycles. The van der Waals surface area contributed by atoms with Gasteiger partial charge in [0.1, 0.15) is 0 Å². The number of nitrogens with one attached hydrogen (secondary N) is 3. The monoisotopic (exact) mass is 418 g/mol. The number of carbonyl (C=O) groups is 1. The summed E-state index contributed by atoms with van der Waals surface area (Å²) in [5.74, 6) is 1.41. The van der Waals surface area contributed by atoms with Crippen LogP contribution in [0.3, 0.4) is 0 Å². The van der Waals surface area contributed by atoms with E-state index in [1.165, 1.54) is 12.8 Å². The highest BCUT2D eigenvalue weighted by Gasteiger charge is 2.41.